The molecule has 0 radical (unpaired) electrons. The summed E-state index contributed by atoms with van der Waals surface area (Å²) in [6, 6.07) is 16.0. The van der Waals surface area contributed by atoms with Crippen molar-refractivity contribution in [2.24, 2.45) is 0 Å². The zero-order chi connectivity index (χ0) is 23.0. The van der Waals surface area contributed by atoms with E-state index in [2.05, 4.69) is 56.3 Å². The van der Waals surface area contributed by atoms with Gasteiger partial charge in [-0.15, -0.1) is 0 Å². The van der Waals surface area contributed by atoms with Gasteiger partial charge in [-0.25, -0.2) is 4.98 Å². The summed E-state index contributed by atoms with van der Waals surface area (Å²) in [5.41, 5.74) is 3.70. The van der Waals surface area contributed by atoms with Crippen LogP contribution in [0.25, 0.3) is 0 Å². The molecule has 0 unspecified atom stereocenters. The molecular weight excluding hydrogens is 416 g/mol. The van der Waals surface area contributed by atoms with Gasteiger partial charge in [0.25, 0.3) is 5.56 Å². The second-order valence-electron chi connectivity index (χ2n) is 8.21. The molecule has 1 aliphatic heterocycles. The lowest BCUT2D eigenvalue weighted by atomic mass is 9.94. The van der Waals surface area contributed by atoms with Gasteiger partial charge in [0, 0.05) is 56.2 Å². The minimum Gasteiger partial charge on any atom is -0.502 e. The fourth-order valence-corrected chi connectivity index (χ4v) is 3.90. The van der Waals surface area contributed by atoms with E-state index < -0.39 is 11.3 Å². The van der Waals surface area contributed by atoms with Crippen molar-refractivity contribution in [2.45, 2.75) is 18.9 Å². The highest BCUT2D eigenvalue weighted by atomic mass is 16.3. The zero-order valence-electron chi connectivity index (χ0n) is 18.4. The van der Waals surface area contributed by atoms with Crippen molar-refractivity contribution in [3.63, 3.8) is 0 Å². The van der Waals surface area contributed by atoms with Gasteiger partial charge in [-0.1, -0.05) is 36.1 Å². The Kier molecular flexibility index (Phi) is 7.53. The quantitative estimate of drug-likeness (QED) is 0.431. The van der Waals surface area contributed by atoms with Crippen LogP contribution in [0.2, 0.25) is 0 Å². The summed E-state index contributed by atoms with van der Waals surface area (Å²) in [6.07, 6.45) is 1.51. The number of rotatable bonds is 6. The Morgan fingerprint density at radius 2 is 1.64 bits per heavy atom. The van der Waals surface area contributed by atoms with E-state index in [-0.39, 0.29) is 24.6 Å². The van der Waals surface area contributed by atoms with Gasteiger partial charge in [0.15, 0.2) is 0 Å². The van der Waals surface area contributed by atoms with Crippen molar-refractivity contribution in [1.82, 2.24) is 20.2 Å². The Balaban J connectivity index is 1.39. The van der Waals surface area contributed by atoms with Crippen LogP contribution < -0.4 is 10.9 Å². The minimum absolute atomic E-state index is 0.126. The Morgan fingerprint density at radius 1 is 1.00 bits per heavy atom. The van der Waals surface area contributed by atoms with E-state index in [1.165, 1.54) is 11.9 Å². The van der Waals surface area contributed by atoms with Crippen LogP contribution in [0.5, 0.6) is 5.75 Å². The summed E-state index contributed by atoms with van der Waals surface area (Å²) >= 11 is 0. The molecule has 0 saturated carbocycles. The number of aromatic nitrogens is 2. The lowest BCUT2D eigenvalue weighted by molar-refractivity contribution is 0.233. The van der Waals surface area contributed by atoms with Gasteiger partial charge >= 0.3 is 0 Å². The van der Waals surface area contributed by atoms with Crippen LogP contribution in [-0.2, 0) is 13.0 Å². The summed E-state index contributed by atoms with van der Waals surface area (Å²) in [5, 5.41) is 23.1. The zero-order valence-corrected chi connectivity index (χ0v) is 18.4. The monoisotopic (exact) mass is 444 g/mol. The number of H-pyrrole nitrogens is 1. The Bertz CT molecular complexity index is 1170. The lowest BCUT2D eigenvalue weighted by Gasteiger charge is -2.27. The lowest BCUT2D eigenvalue weighted by Crippen LogP contribution is -2.42. The van der Waals surface area contributed by atoms with E-state index in [0.29, 0.717) is 0 Å². The molecule has 2 aromatic carbocycles. The Morgan fingerprint density at radius 3 is 2.27 bits per heavy atom. The summed E-state index contributed by atoms with van der Waals surface area (Å²) < 4.78 is 0. The molecule has 7 nitrogen and oxygen atoms in total. The molecular formula is C26H28N4O3. The van der Waals surface area contributed by atoms with E-state index >= 15 is 0 Å². The van der Waals surface area contributed by atoms with E-state index in [1.54, 1.807) is 0 Å². The van der Waals surface area contributed by atoms with Crippen molar-refractivity contribution < 1.29 is 10.2 Å². The number of piperazine rings is 1. The van der Waals surface area contributed by atoms with Gasteiger partial charge in [0.1, 0.15) is 0 Å². The highest BCUT2D eigenvalue weighted by Crippen LogP contribution is 2.22. The number of nitrogens with zero attached hydrogens (tertiary/aromatic N) is 2. The van der Waals surface area contributed by atoms with Gasteiger partial charge in [-0.2, -0.15) is 0 Å². The number of benzene rings is 2. The highest BCUT2D eigenvalue weighted by Gasteiger charge is 2.16. The molecule has 1 fully saturated rings. The second kappa shape index (κ2) is 10.9. The van der Waals surface area contributed by atoms with Crippen LogP contribution in [0.3, 0.4) is 0 Å². The maximum Gasteiger partial charge on any atom is 0.293 e. The number of nitrogens with one attached hydrogen (secondary N) is 2. The number of aromatic amines is 1. The molecule has 1 saturated heterocycles. The van der Waals surface area contributed by atoms with Crippen molar-refractivity contribution in [3.05, 3.63) is 93.2 Å². The van der Waals surface area contributed by atoms with Gasteiger partial charge in [0.2, 0.25) is 5.75 Å². The topological polar surface area (TPSA) is 101 Å². The molecule has 2 heterocycles. The number of aliphatic hydroxyl groups excluding tert-OH is 1. The molecule has 3 aromatic rings. The molecule has 4 rings (SSSR count). The molecule has 1 aromatic heterocycles. The first-order valence-electron chi connectivity index (χ1n) is 11.1. The fraction of sp³-hybridized carbons (Fsp3) is 0.308. The summed E-state index contributed by atoms with van der Waals surface area (Å²) in [4.78, 5) is 20.4. The van der Waals surface area contributed by atoms with Crippen molar-refractivity contribution in [3.8, 4) is 17.6 Å². The van der Waals surface area contributed by atoms with E-state index in [0.717, 1.165) is 49.4 Å². The SMILES string of the molecule is O=c1[nH]cnc(C[C@H](CO)c2ccc(C#Cc3ccc(CN4CCNCC4)cc3)cc2)c1O. The maximum atomic E-state index is 11.6. The number of aliphatic hydroxyl groups is 1. The molecule has 4 N–H and O–H groups in total. The third kappa shape index (κ3) is 6.08. The summed E-state index contributed by atoms with van der Waals surface area (Å²) in [6.45, 7) is 5.10. The molecule has 0 spiro atoms. The van der Waals surface area contributed by atoms with Crippen LogP contribution in [-0.4, -0.2) is 57.9 Å². The highest BCUT2D eigenvalue weighted by molar-refractivity contribution is 5.44. The maximum absolute atomic E-state index is 11.6. The Hall–Kier alpha value is -3.44. The van der Waals surface area contributed by atoms with Gasteiger partial charge in [0.05, 0.1) is 18.6 Å². The van der Waals surface area contributed by atoms with Gasteiger partial charge < -0.3 is 20.5 Å². The third-order valence-corrected chi connectivity index (χ3v) is 5.87. The average molecular weight is 445 g/mol. The molecule has 1 atom stereocenters. The van der Waals surface area contributed by atoms with Crippen LogP contribution >= 0.6 is 0 Å². The van der Waals surface area contributed by atoms with Gasteiger partial charge in [-0.05, 0) is 35.4 Å². The first kappa shape index (κ1) is 22.7. The number of hydrogen-bond donors (Lipinski definition) is 4. The Labute approximate surface area is 193 Å². The molecule has 0 amide bonds. The molecule has 0 bridgehead atoms. The van der Waals surface area contributed by atoms with E-state index in [4.69, 9.17) is 0 Å². The van der Waals surface area contributed by atoms with Crippen molar-refractivity contribution >= 4 is 0 Å². The van der Waals surface area contributed by atoms with E-state index in [9.17, 15) is 15.0 Å². The first-order chi connectivity index (χ1) is 16.1. The summed E-state index contributed by atoms with van der Waals surface area (Å²) in [5.74, 6) is 5.70. The number of aromatic hydroxyl groups is 1. The minimum atomic E-state index is -0.584. The normalized spacial score (nSPS) is 14.9. The molecule has 1 aliphatic rings. The second-order valence-corrected chi connectivity index (χ2v) is 8.21. The predicted octanol–water partition coefficient (Wildman–Crippen LogP) is 1.60. The largest absolute Gasteiger partial charge is 0.502 e. The molecule has 0 aliphatic carbocycles. The smallest absolute Gasteiger partial charge is 0.293 e. The van der Waals surface area contributed by atoms with Crippen LogP contribution in [0.15, 0.2) is 59.7 Å². The predicted molar refractivity (Wildman–Crippen MR) is 127 cm³/mol. The van der Waals surface area contributed by atoms with Crippen LogP contribution in [0.4, 0.5) is 0 Å². The average Bonchev–Trinajstić information content (AvgIpc) is 2.86. The molecule has 170 valence electrons. The third-order valence-electron chi connectivity index (χ3n) is 5.87. The van der Waals surface area contributed by atoms with E-state index in [1.807, 2.05) is 24.3 Å². The van der Waals surface area contributed by atoms with Crippen molar-refractivity contribution in [1.29, 1.82) is 0 Å². The van der Waals surface area contributed by atoms with Crippen LogP contribution in [0.1, 0.15) is 33.9 Å². The fourth-order valence-electron chi connectivity index (χ4n) is 3.90. The molecule has 33 heavy (non-hydrogen) atoms. The summed E-state index contributed by atoms with van der Waals surface area (Å²) in [7, 11) is 0. The standard InChI is InChI=1S/C26H28N4O3/c31-17-23(15-24-25(32)26(33)29-18-28-24)22-9-7-20(8-10-22)2-1-19-3-5-21(6-4-19)16-30-13-11-27-12-14-30/h3-10,18,23,27,31-32H,11-17H2,(H,28,29,33)/t23-/m1/s1. The van der Waals surface area contributed by atoms with Crippen molar-refractivity contribution in [2.75, 3.05) is 32.8 Å². The number of hydrogen-bond acceptors (Lipinski definition) is 6. The first-order valence-corrected chi connectivity index (χ1v) is 11.1. The van der Waals surface area contributed by atoms with Crippen LogP contribution in [0, 0.1) is 11.8 Å². The molecule has 7 heteroatoms. The van der Waals surface area contributed by atoms with Gasteiger partial charge in [-0.3, -0.25) is 9.69 Å².